The minimum absolute atomic E-state index is 0.286. The molecule has 0 atom stereocenters. The van der Waals surface area contributed by atoms with Crippen LogP contribution in [0.25, 0.3) is 10.2 Å². The van der Waals surface area contributed by atoms with Crippen LogP contribution in [0, 0.1) is 6.92 Å². The first-order valence-corrected chi connectivity index (χ1v) is 8.95. The minimum atomic E-state index is -4.20. The maximum atomic E-state index is 12.3. The van der Waals surface area contributed by atoms with Gasteiger partial charge in [0.2, 0.25) is 0 Å². The third-order valence-corrected chi connectivity index (χ3v) is 4.83. The van der Waals surface area contributed by atoms with E-state index in [1.54, 1.807) is 13.8 Å². The molecule has 0 radical (unpaired) electrons. The molecule has 2 rings (SSSR count). The number of hydrogen-bond acceptors (Lipinski definition) is 7. The SMILES string of the molecule is CCOC(=O)c1sc2ncnc(NCCCN(C)CC(F)(F)F)c2c1C. The number of nitrogens with one attached hydrogen (secondary N) is 1. The van der Waals surface area contributed by atoms with E-state index < -0.39 is 18.7 Å². The largest absolute Gasteiger partial charge is 0.462 e. The van der Waals surface area contributed by atoms with Crippen molar-refractivity contribution in [2.24, 2.45) is 0 Å². The molecule has 6 nitrogen and oxygen atoms in total. The molecule has 0 aliphatic heterocycles. The normalized spacial score (nSPS) is 12.0. The maximum Gasteiger partial charge on any atom is 0.401 e. The second-order valence-corrected chi connectivity index (χ2v) is 6.81. The molecule has 0 saturated heterocycles. The molecule has 0 unspecified atom stereocenters. The number of aryl methyl sites for hydroxylation is 1. The van der Waals surface area contributed by atoms with E-state index in [9.17, 15) is 18.0 Å². The van der Waals surface area contributed by atoms with E-state index in [1.807, 2.05) is 0 Å². The van der Waals surface area contributed by atoms with Crippen LogP contribution >= 0.6 is 11.3 Å². The Balaban J connectivity index is 2.03. The lowest BCUT2D eigenvalue weighted by Gasteiger charge is -2.18. The van der Waals surface area contributed by atoms with Crippen molar-refractivity contribution in [1.29, 1.82) is 0 Å². The Hall–Kier alpha value is -1.94. The molecule has 0 amide bonds. The van der Waals surface area contributed by atoms with Crippen LogP contribution in [0.15, 0.2) is 6.33 Å². The number of nitrogens with zero attached hydrogens (tertiary/aromatic N) is 3. The van der Waals surface area contributed by atoms with Gasteiger partial charge < -0.3 is 10.1 Å². The Morgan fingerprint density at radius 2 is 2.12 bits per heavy atom. The summed E-state index contributed by atoms with van der Waals surface area (Å²) in [5, 5.41) is 3.87. The molecule has 2 aromatic heterocycles. The predicted molar refractivity (Wildman–Crippen MR) is 94.8 cm³/mol. The van der Waals surface area contributed by atoms with Crippen molar-refractivity contribution in [2.75, 3.05) is 38.6 Å². The molecule has 0 saturated carbocycles. The van der Waals surface area contributed by atoms with E-state index >= 15 is 0 Å². The summed E-state index contributed by atoms with van der Waals surface area (Å²) in [6, 6.07) is 0. The molecule has 26 heavy (non-hydrogen) atoms. The lowest BCUT2D eigenvalue weighted by Crippen LogP contribution is -2.32. The maximum absolute atomic E-state index is 12.3. The predicted octanol–water partition coefficient (Wildman–Crippen LogP) is 3.47. The average molecular weight is 390 g/mol. The smallest absolute Gasteiger partial charge is 0.401 e. The van der Waals surface area contributed by atoms with Gasteiger partial charge in [0.1, 0.15) is 21.9 Å². The molecule has 1 N–H and O–H groups in total. The Bertz CT molecular complexity index is 764. The summed E-state index contributed by atoms with van der Waals surface area (Å²) in [4.78, 5) is 22.8. The van der Waals surface area contributed by atoms with Crippen molar-refractivity contribution in [3.63, 3.8) is 0 Å². The van der Waals surface area contributed by atoms with Crippen molar-refractivity contribution in [3.05, 3.63) is 16.8 Å². The third-order valence-electron chi connectivity index (χ3n) is 3.65. The second-order valence-electron chi connectivity index (χ2n) is 5.81. The van der Waals surface area contributed by atoms with Crippen LogP contribution in [0.1, 0.15) is 28.6 Å². The molecule has 2 heterocycles. The van der Waals surface area contributed by atoms with Crippen molar-refractivity contribution in [2.45, 2.75) is 26.4 Å². The Morgan fingerprint density at radius 3 is 2.77 bits per heavy atom. The number of anilines is 1. The number of esters is 1. The zero-order chi connectivity index (χ0) is 19.3. The summed E-state index contributed by atoms with van der Waals surface area (Å²) in [7, 11) is 1.44. The van der Waals surface area contributed by atoms with Crippen LogP contribution in [0.4, 0.5) is 19.0 Å². The molecular formula is C16H21F3N4O2S. The fraction of sp³-hybridized carbons (Fsp3) is 0.562. The van der Waals surface area contributed by atoms with Crippen LogP contribution in [-0.2, 0) is 4.74 Å². The van der Waals surface area contributed by atoms with Gasteiger partial charge in [0.15, 0.2) is 0 Å². The number of ether oxygens (including phenoxy) is 1. The molecule has 0 aromatic carbocycles. The van der Waals surface area contributed by atoms with Crippen molar-refractivity contribution in [1.82, 2.24) is 14.9 Å². The number of fused-ring (bicyclic) bond motifs is 1. The Morgan fingerprint density at radius 1 is 1.38 bits per heavy atom. The van der Waals surface area contributed by atoms with Crippen molar-refractivity contribution >= 4 is 33.3 Å². The summed E-state index contributed by atoms with van der Waals surface area (Å²) in [5.41, 5.74) is 0.737. The van der Waals surface area contributed by atoms with Gasteiger partial charge in [0, 0.05) is 6.54 Å². The highest BCUT2D eigenvalue weighted by atomic mass is 32.1. The molecular weight excluding hydrogens is 369 g/mol. The van der Waals surface area contributed by atoms with Gasteiger partial charge in [-0.2, -0.15) is 13.2 Å². The van der Waals surface area contributed by atoms with Crippen LogP contribution in [0.5, 0.6) is 0 Å². The number of thiophene rings is 1. The summed E-state index contributed by atoms with van der Waals surface area (Å²) >= 11 is 1.24. The van der Waals surface area contributed by atoms with E-state index in [4.69, 9.17) is 4.74 Å². The Kier molecular flexibility index (Phi) is 6.76. The van der Waals surface area contributed by atoms with E-state index in [0.29, 0.717) is 35.0 Å². The van der Waals surface area contributed by atoms with Crippen LogP contribution in [-0.4, -0.2) is 60.3 Å². The van der Waals surface area contributed by atoms with E-state index in [2.05, 4.69) is 15.3 Å². The number of halogens is 3. The number of alkyl halides is 3. The first-order chi connectivity index (χ1) is 12.2. The van der Waals surface area contributed by atoms with Gasteiger partial charge in [0.25, 0.3) is 0 Å². The molecule has 0 fully saturated rings. The van der Waals surface area contributed by atoms with Crippen LogP contribution in [0.3, 0.4) is 0 Å². The van der Waals surface area contributed by atoms with Crippen LogP contribution in [0.2, 0.25) is 0 Å². The van der Waals surface area contributed by atoms with Gasteiger partial charge in [-0.25, -0.2) is 14.8 Å². The zero-order valence-corrected chi connectivity index (χ0v) is 15.6. The monoisotopic (exact) mass is 390 g/mol. The number of carbonyl (C=O) groups is 1. The topological polar surface area (TPSA) is 67.3 Å². The first-order valence-electron chi connectivity index (χ1n) is 8.13. The van der Waals surface area contributed by atoms with Crippen LogP contribution < -0.4 is 5.32 Å². The van der Waals surface area contributed by atoms with Gasteiger partial charge >= 0.3 is 12.1 Å². The lowest BCUT2D eigenvalue weighted by molar-refractivity contribution is -0.143. The molecule has 144 valence electrons. The van der Waals surface area contributed by atoms with Gasteiger partial charge in [-0.05, 0) is 39.4 Å². The number of hydrogen-bond donors (Lipinski definition) is 1. The average Bonchev–Trinajstić information content (AvgIpc) is 2.88. The molecule has 0 bridgehead atoms. The summed E-state index contributed by atoms with van der Waals surface area (Å²) < 4.78 is 42.0. The molecule has 10 heteroatoms. The minimum Gasteiger partial charge on any atom is -0.462 e. The quantitative estimate of drug-likeness (QED) is 0.550. The van der Waals surface area contributed by atoms with E-state index in [1.165, 1.54) is 29.6 Å². The highest BCUT2D eigenvalue weighted by Crippen LogP contribution is 2.33. The fourth-order valence-corrected chi connectivity index (χ4v) is 3.58. The standard InChI is InChI=1S/C16H21F3N4O2S/c1-4-25-15(24)12-10(2)11-13(21-9-22-14(11)26-12)20-6-5-7-23(3)8-16(17,18)19/h9H,4-8H2,1-3H3,(H,20,21,22). The molecule has 0 aliphatic carbocycles. The first kappa shape index (κ1) is 20.4. The summed E-state index contributed by atoms with van der Waals surface area (Å²) in [6.45, 7) is 3.65. The highest BCUT2D eigenvalue weighted by molar-refractivity contribution is 7.20. The van der Waals surface area contributed by atoms with Crippen molar-refractivity contribution in [3.8, 4) is 0 Å². The molecule has 0 aliphatic rings. The number of aromatic nitrogens is 2. The second kappa shape index (κ2) is 8.63. The molecule has 2 aromatic rings. The zero-order valence-electron chi connectivity index (χ0n) is 14.8. The van der Waals surface area contributed by atoms with Crippen molar-refractivity contribution < 1.29 is 22.7 Å². The van der Waals surface area contributed by atoms with Gasteiger partial charge in [0.05, 0.1) is 18.5 Å². The van der Waals surface area contributed by atoms with E-state index in [-0.39, 0.29) is 6.61 Å². The summed E-state index contributed by atoms with van der Waals surface area (Å²) in [6.07, 6.45) is -2.28. The fourth-order valence-electron chi connectivity index (χ4n) is 2.54. The van der Waals surface area contributed by atoms with Gasteiger partial charge in [-0.3, -0.25) is 4.90 Å². The Labute approximate surface area is 153 Å². The molecule has 0 spiro atoms. The number of carbonyl (C=O) groups excluding carboxylic acids is 1. The third kappa shape index (κ3) is 5.28. The van der Waals surface area contributed by atoms with E-state index in [0.717, 1.165) is 10.9 Å². The lowest BCUT2D eigenvalue weighted by atomic mass is 10.2. The number of rotatable bonds is 8. The van der Waals surface area contributed by atoms with Gasteiger partial charge in [-0.1, -0.05) is 0 Å². The highest BCUT2D eigenvalue weighted by Gasteiger charge is 2.28. The summed E-state index contributed by atoms with van der Waals surface area (Å²) in [5.74, 6) is 0.172. The van der Waals surface area contributed by atoms with Gasteiger partial charge in [-0.15, -0.1) is 11.3 Å².